The fourth-order valence-corrected chi connectivity index (χ4v) is 2.56. The van der Waals surface area contributed by atoms with E-state index < -0.39 is 0 Å². The molecule has 0 saturated carbocycles. The van der Waals surface area contributed by atoms with Crippen LogP contribution in [0.25, 0.3) is 0 Å². The molecule has 0 unspecified atom stereocenters. The maximum Gasteiger partial charge on any atom is 0.149 e. The van der Waals surface area contributed by atoms with Crippen molar-refractivity contribution in [2.24, 2.45) is 9.98 Å². The Hall–Kier alpha value is -2.23. The molecular formula is C14H12N4S. The minimum atomic E-state index is 0.570. The summed E-state index contributed by atoms with van der Waals surface area (Å²) in [6.45, 7) is 4.62. The molecule has 0 aromatic carbocycles. The van der Waals surface area contributed by atoms with Gasteiger partial charge in [-0.1, -0.05) is 30.5 Å². The van der Waals surface area contributed by atoms with E-state index in [9.17, 15) is 0 Å². The van der Waals surface area contributed by atoms with E-state index >= 15 is 0 Å². The van der Waals surface area contributed by atoms with Crippen molar-refractivity contribution < 1.29 is 0 Å². The number of amidine groups is 1. The van der Waals surface area contributed by atoms with Crippen molar-refractivity contribution in [3.8, 4) is 0 Å². The van der Waals surface area contributed by atoms with Crippen molar-refractivity contribution in [2.75, 3.05) is 6.54 Å². The molecule has 0 fully saturated rings. The number of hydrogen-bond acceptors (Lipinski definition) is 5. The van der Waals surface area contributed by atoms with Crippen LogP contribution in [0.2, 0.25) is 0 Å². The maximum absolute atomic E-state index is 4.58. The van der Waals surface area contributed by atoms with Crippen LogP contribution in [-0.2, 0) is 0 Å². The number of thioether (sulfide) groups is 1. The van der Waals surface area contributed by atoms with Crippen LogP contribution in [0, 0.1) is 0 Å². The summed E-state index contributed by atoms with van der Waals surface area (Å²) in [4.78, 5) is 9.80. The minimum absolute atomic E-state index is 0.570. The maximum atomic E-state index is 4.58. The molecule has 0 atom stereocenters. The number of nitrogens with zero attached hydrogens (tertiary/aromatic N) is 2. The highest BCUT2D eigenvalue weighted by Crippen LogP contribution is 2.31. The van der Waals surface area contributed by atoms with Gasteiger partial charge in [-0.15, -0.1) is 0 Å². The zero-order valence-electron chi connectivity index (χ0n) is 10.2. The van der Waals surface area contributed by atoms with Gasteiger partial charge in [0.05, 0.1) is 12.2 Å². The van der Waals surface area contributed by atoms with Crippen LogP contribution in [0.3, 0.4) is 0 Å². The zero-order chi connectivity index (χ0) is 13.1. The van der Waals surface area contributed by atoms with Crippen LogP contribution < -0.4 is 10.6 Å². The number of fused-ring (bicyclic) bond motifs is 1. The summed E-state index contributed by atoms with van der Waals surface area (Å²) in [7, 11) is 0. The molecule has 4 nitrogen and oxygen atoms in total. The van der Waals surface area contributed by atoms with Crippen LogP contribution in [0.15, 0.2) is 74.5 Å². The molecule has 3 aliphatic rings. The van der Waals surface area contributed by atoms with E-state index in [1.54, 1.807) is 6.08 Å². The second-order valence-electron chi connectivity index (χ2n) is 4.01. The van der Waals surface area contributed by atoms with Crippen molar-refractivity contribution in [1.82, 2.24) is 10.6 Å². The average Bonchev–Trinajstić information content (AvgIpc) is 2.59. The van der Waals surface area contributed by atoms with Crippen molar-refractivity contribution in [3.05, 3.63) is 64.5 Å². The van der Waals surface area contributed by atoms with Gasteiger partial charge in [0.1, 0.15) is 10.9 Å². The zero-order valence-corrected chi connectivity index (χ0v) is 11.0. The monoisotopic (exact) mass is 268 g/mol. The average molecular weight is 268 g/mol. The molecule has 3 heterocycles. The molecule has 0 radical (unpaired) electrons. The lowest BCUT2D eigenvalue weighted by atomic mass is 10.2. The van der Waals surface area contributed by atoms with E-state index in [1.807, 2.05) is 30.6 Å². The molecular weight excluding hydrogens is 256 g/mol. The number of hydrogen-bond donors (Lipinski definition) is 2. The molecule has 0 aromatic heterocycles. The van der Waals surface area contributed by atoms with Gasteiger partial charge in [0, 0.05) is 22.9 Å². The molecule has 2 N–H and O–H groups in total. The third kappa shape index (κ3) is 2.62. The van der Waals surface area contributed by atoms with E-state index in [0.29, 0.717) is 6.54 Å². The number of nitrogens with one attached hydrogen (secondary N) is 2. The summed E-state index contributed by atoms with van der Waals surface area (Å²) in [5.41, 5.74) is 1.98. The molecule has 0 aromatic rings. The largest absolute Gasteiger partial charge is 0.357 e. The summed E-state index contributed by atoms with van der Waals surface area (Å²) in [6, 6.07) is 0. The Morgan fingerprint density at radius 1 is 1.32 bits per heavy atom. The van der Waals surface area contributed by atoms with Gasteiger partial charge in [-0.3, -0.25) is 4.99 Å². The Kier molecular flexibility index (Phi) is 3.23. The highest BCUT2D eigenvalue weighted by atomic mass is 32.2. The third-order valence-corrected chi connectivity index (χ3v) is 3.57. The molecule has 3 rings (SSSR count). The second-order valence-corrected chi connectivity index (χ2v) is 5.13. The van der Waals surface area contributed by atoms with Crippen LogP contribution in [0.5, 0.6) is 0 Å². The van der Waals surface area contributed by atoms with Crippen LogP contribution in [0.1, 0.15) is 0 Å². The van der Waals surface area contributed by atoms with Crippen LogP contribution >= 0.6 is 11.8 Å². The molecule has 0 saturated heterocycles. The first-order valence-electron chi connectivity index (χ1n) is 5.83. The first-order valence-corrected chi connectivity index (χ1v) is 6.65. The smallest absolute Gasteiger partial charge is 0.149 e. The molecule has 3 aliphatic heterocycles. The summed E-state index contributed by atoms with van der Waals surface area (Å²) in [5.74, 6) is 3.69. The lowest BCUT2D eigenvalue weighted by Gasteiger charge is -2.15. The van der Waals surface area contributed by atoms with E-state index in [0.717, 1.165) is 27.0 Å². The summed E-state index contributed by atoms with van der Waals surface area (Å²) in [6.07, 6.45) is 11.3. The first kappa shape index (κ1) is 11.8. The van der Waals surface area contributed by atoms with E-state index in [4.69, 9.17) is 0 Å². The Morgan fingerprint density at radius 3 is 3.16 bits per heavy atom. The van der Waals surface area contributed by atoms with E-state index in [2.05, 4.69) is 33.1 Å². The Morgan fingerprint density at radius 2 is 2.21 bits per heavy atom. The third-order valence-electron chi connectivity index (χ3n) is 2.65. The fraction of sp³-hybridized carbons (Fsp3) is 0.0714. The van der Waals surface area contributed by atoms with Crippen molar-refractivity contribution in [2.45, 2.75) is 0 Å². The molecule has 94 valence electrons. The summed E-state index contributed by atoms with van der Waals surface area (Å²) < 4.78 is 0. The van der Waals surface area contributed by atoms with Gasteiger partial charge >= 0.3 is 0 Å². The fourth-order valence-electron chi connectivity index (χ4n) is 1.77. The number of aliphatic imine (C=N–C) groups is 2. The van der Waals surface area contributed by atoms with Gasteiger partial charge in [0.25, 0.3) is 0 Å². The van der Waals surface area contributed by atoms with E-state index in [-0.39, 0.29) is 0 Å². The van der Waals surface area contributed by atoms with Gasteiger partial charge in [0.2, 0.25) is 0 Å². The predicted molar refractivity (Wildman–Crippen MR) is 80.7 cm³/mol. The number of allylic oxidation sites excluding steroid dienone is 3. The second kappa shape index (κ2) is 5.18. The van der Waals surface area contributed by atoms with Crippen molar-refractivity contribution in [1.29, 1.82) is 0 Å². The van der Waals surface area contributed by atoms with Crippen molar-refractivity contribution >= 4 is 23.5 Å². The quantitative estimate of drug-likeness (QED) is 0.708. The van der Waals surface area contributed by atoms with Gasteiger partial charge in [-0.2, -0.15) is 4.99 Å². The highest BCUT2D eigenvalue weighted by molar-refractivity contribution is 8.06. The Bertz CT molecular complexity index is 640. The van der Waals surface area contributed by atoms with E-state index in [1.165, 1.54) is 11.8 Å². The normalized spacial score (nSPS) is 23.7. The molecule has 19 heavy (non-hydrogen) atoms. The summed E-state index contributed by atoms with van der Waals surface area (Å²) in [5, 5.41) is 7.19. The van der Waals surface area contributed by atoms with Gasteiger partial charge in [0.15, 0.2) is 0 Å². The first-order chi connectivity index (χ1) is 9.33. The molecule has 5 heteroatoms. The van der Waals surface area contributed by atoms with Gasteiger partial charge in [-0.25, -0.2) is 0 Å². The number of rotatable bonds is 0. The molecule has 0 bridgehead atoms. The molecule has 0 spiro atoms. The minimum Gasteiger partial charge on any atom is -0.357 e. The van der Waals surface area contributed by atoms with Gasteiger partial charge < -0.3 is 10.6 Å². The summed E-state index contributed by atoms with van der Waals surface area (Å²) >= 11 is 1.53. The van der Waals surface area contributed by atoms with Crippen LogP contribution in [-0.4, -0.2) is 18.3 Å². The van der Waals surface area contributed by atoms with Crippen molar-refractivity contribution in [3.63, 3.8) is 0 Å². The standard InChI is InChI=1S/C14H12N4S/c1-10-8-12-13(16-7-6-15-12)18-9-11-4-2-3-5-17-14(11)19-10/h2-4,6-8,15H,1,9H2,(H,16,18)/b12-8+. The lowest BCUT2D eigenvalue weighted by Crippen LogP contribution is -2.31. The Balaban J connectivity index is 2.03. The van der Waals surface area contributed by atoms with Gasteiger partial charge in [-0.05, 0) is 18.0 Å². The predicted octanol–water partition coefficient (Wildman–Crippen LogP) is 2.20. The topological polar surface area (TPSA) is 48.8 Å². The molecule has 0 amide bonds. The lowest BCUT2D eigenvalue weighted by molar-refractivity contribution is 1.01. The Labute approximate surface area is 115 Å². The highest BCUT2D eigenvalue weighted by Gasteiger charge is 2.14. The van der Waals surface area contributed by atoms with Crippen LogP contribution in [0.4, 0.5) is 0 Å². The SMILES string of the molecule is C=C1/C=C2/NC=CNC2=NCC2=C(N=C=CC=C2)S1. The molecule has 0 aliphatic carbocycles.